The van der Waals surface area contributed by atoms with E-state index < -0.39 is 11.6 Å². The number of benzene rings is 1. The van der Waals surface area contributed by atoms with Crippen molar-refractivity contribution in [3.05, 3.63) is 35.4 Å². The molecule has 4 nitrogen and oxygen atoms in total. The van der Waals surface area contributed by atoms with E-state index >= 15 is 0 Å². The van der Waals surface area contributed by atoms with Gasteiger partial charge in [-0.2, -0.15) is 0 Å². The smallest absolute Gasteiger partial charge is 0.227 e. The van der Waals surface area contributed by atoms with E-state index in [1.54, 1.807) is 4.90 Å². The predicted octanol–water partition coefficient (Wildman–Crippen LogP) is 1.03. The maximum absolute atomic E-state index is 13.6. The van der Waals surface area contributed by atoms with Gasteiger partial charge in [0.1, 0.15) is 11.6 Å². The first-order valence-corrected chi connectivity index (χ1v) is 7.15. The minimum atomic E-state index is -0.680. The second kappa shape index (κ2) is 7.47. The van der Waals surface area contributed by atoms with Gasteiger partial charge in [-0.05, 0) is 24.6 Å². The van der Waals surface area contributed by atoms with E-state index in [0.29, 0.717) is 26.2 Å². The van der Waals surface area contributed by atoms with Crippen molar-refractivity contribution in [2.75, 3.05) is 39.3 Å². The van der Waals surface area contributed by atoms with Gasteiger partial charge in [-0.25, -0.2) is 8.78 Å². The number of carbonyl (C=O) groups excluding carboxylic acids is 1. The van der Waals surface area contributed by atoms with Crippen LogP contribution < -0.4 is 0 Å². The molecule has 0 bridgehead atoms. The van der Waals surface area contributed by atoms with Crippen LogP contribution in [0.2, 0.25) is 0 Å². The van der Waals surface area contributed by atoms with Gasteiger partial charge in [0.2, 0.25) is 5.91 Å². The van der Waals surface area contributed by atoms with E-state index in [-0.39, 0.29) is 24.5 Å². The van der Waals surface area contributed by atoms with Crippen molar-refractivity contribution in [2.24, 2.45) is 0 Å². The number of aliphatic hydroxyl groups excluding tert-OH is 1. The van der Waals surface area contributed by atoms with Crippen LogP contribution in [0.25, 0.3) is 0 Å². The molecular formula is C15H20F2N2O2. The Hall–Kier alpha value is -1.53. The molecule has 6 heteroatoms. The molecule has 1 saturated heterocycles. The highest BCUT2D eigenvalue weighted by molar-refractivity contribution is 5.78. The van der Waals surface area contributed by atoms with Crippen molar-refractivity contribution in [1.82, 2.24) is 9.80 Å². The lowest BCUT2D eigenvalue weighted by Crippen LogP contribution is -2.36. The molecule has 1 N–H and O–H groups in total. The van der Waals surface area contributed by atoms with Gasteiger partial charge in [-0.15, -0.1) is 0 Å². The summed E-state index contributed by atoms with van der Waals surface area (Å²) in [4.78, 5) is 16.0. The number of halogens is 2. The summed E-state index contributed by atoms with van der Waals surface area (Å²) < 4.78 is 26.4. The summed E-state index contributed by atoms with van der Waals surface area (Å²) in [7, 11) is 0. The monoisotopic (exact) mass is 298 g/mol. The quantitative estimate of drug-likeness (QED) is 0.903. The molecule has 2 rings (SSSR count). The first-order valence-electron chi connectivity index (χ1n) is 7.15. The number of hydrogen-bond acceptors (Lipinski definition) is 3. The largest absolute Gasteiger partial charge is 0.395 e. The Labute approximate surface area is 123 Å². The summed E-state index contributed by atoms with van der Waals surface area (Å²) in [6.45, 7) is 3.46. The van der Waals surface area contributed by atoms with Crippen LogP contribution in [0, 0.1) is 11.6 Å². The highest BCUT2D eigenvalue weighted by Crippen LogP contribution is 2.12. The van der Waals surface area contributed by atoms with Gasteiger partial charge < -0.3 is 10.0 Å². The highest BCUT2D eigenvalue weighted by atomic mass is 19.1. The van der Waals surface area contributed by atoms with E-state index in [0.717, 1.165) is 25.1 Å². The van der Waals surface area contributed by atoms with Crippen LogP contribution in [0.5, 0.6) is 0 Å². The van der Waals surface area contributed by atoms with Crippen LogP contribution in [0.15, 0.2) is 18.2 Å². The van der Waals surface area contributed by atoms with Crippen LogP contribution in [-0.4, -0.2) is 60.1 Å². The third-order valence-electron chi connectivity index (χ3n) is 3.71. The third-order valence-corrected chi connectivity index (χ3v) is 3.71. The molecule has 0 saturated carbocycles. The molecule has 0 atom stereocenters. The fourth-order valence-electron chi connectivity index (χ4n) is 2.53. The molecule has 1 aliphatic heterocycles. The summed E-state index contributed by atoms with van der Waals surface area (Å²) in [5.74, 6) is -1.47. The maximum atomic E-state index is 13.6. The van der Waals surface area contributed by atoms with Crippen molar-refractivity contribution in [2.45, 2.75) is 12.8 Å². The average molecular weight is 298 g/mol. The molecule has 0 unspecified atom stereocenters. The Morgan fingerprint density at radius 2 is 2.00 bits per heavy atom. The van der Waals surface area contributed by atoms with Gasteiger partial charge >= 0.3 is 0 Å². The van der Waals surface area contributed by atoms with Gasteiger partial charge in [-0.1, -0.05) is 6.07 Å². The maximum Gasteiger partial charge on any atom is 0.227 e. The number of hydrogen-bond donors (Lipinski definition) is 1. The lowest BCUT2D eigenvalue weighted by atomic mass is 10.1. The number of carbonyl (C=O) groups is 1. The first kappa shape index (κ1) is 15.9. The second-order valence-electron chi connectivity index (χ2n) is 5.21. The van der Waals surface area contributed by atoms with Crippen molar-refractivity contribution in [3.8, 4) is 0 Å². The van der Waals surface area contributed by atoms with Gasteiger partial charge in [-0.3, -0.25) is 9.69 Å². The number of nitrogens with zero attached hydrogens (tertiary/aromatic N) is 2. The fourth-order valence-corrected chi connectivity index (χ4v) is 2.53. The molecule has 1 amide bonds. The predicted molar refractivity (Wildman–Crippen MR) is 74.8 cm³/mol. The molecule has 1 heterocycles. The average Bonchev–Trinajstić information content (AvgIpc) is 2.68. The molecule has 116 valence electrons. The normalized spacial score (nSPS) is 16.8. The van der Waals surface area contributed by atoms with E-state index in [2.05, 4.69) is 4.90 Å². The van der Waals surface area contributed by atoms with E-state index in [1.165, 1.54) is 6.07 Å². The van der Waals surface area contributed by atoms with Crippen LogP contribution in [0.4, 0.5) is 8.78 Å². The Morgan fingerprint density at radius 3 is 2.71 bits per heavy atom. The zero-order chi connectivity index (χ0) is 15.2. The minimum Gasteiger partial charge on any atom is -0.395 e. The van der Waals surface area contributed by atoms with E-state index in [1.807, 2.05) is 0 Å². The van der Waals surface area contributed by atoms with Gasteiger partial charge in [0.15, 0.2) is 0 Å². The summed E-state index contributed by atoms with van der Waals surface area (Å²) in [5.41, 5.74) is 0.220. The van der Waals surface area contributed by atoms with Crippen LogP contribution in [0.1, 0.15) is 12.0 Å². The lowest BCUT2D eigenvalue weighted by molar-refractivity contribution is -0.130. The molecule has 1 fully saturated rings. The van der Waals surface area contributed by atoms with Crippen LogP contribution in [-0.2, 0) is 11.2 Å². The third kappa shape index (κ3) is 4.47. The zero-order valence-electron chi connectivity index (χ0n) is 11.9. The van der Waals surface area contributed by atoms with Crippen molar-refractivity contribution < 1.29 is 18.7 Å². The summed E-state index contributed by atoms with van der Waals surface area (Å²) in [6.07, 6.45) is 0.782. The number of aliphatic hydroxyl groups is 1. The topological polar surface area (TPSA) is 43.8 Å². The molecule has 0 aromatic heterocycles. The Kier molecular flexibility index (Phi) is 5.64. The number of rotatable bonds is 4. The first-order chi connectivity index (χ1) is 10.1. The van der Waals surface area contributed by atoms with Crippen molar-refractivity contribution in [1.29, 1.82) is 0 Å². The SMILES string of the molecule is O=C(Cc1ccc(F)cc1F)N1CCCN(CCO)CC1. The van der Waals surface area contributed by atoms with Crippen LogP contribution >= 0.6 is 0 Å². The Balaban J connectivity index is 1.93. The standard InChI is InChI=1S/C15H20F2N2O2/c16-13-3-2-12(14(17)11-13)10-15(21)19-5-1-4-18(6-7-19)8-9-20/h2-3,11,20H,1,4-10H2. The number of β-amino-alcohol motifs (C(OH)–C–C–N with tert-alkyl or cyclic N) is 1. The summed E-state index contributed by atoms with van der Waals surface area (Å²) >= 11 is 0. The fraction of sp³-hybridized carbons (Fsp3) is 0.533. The molecule has 0 aliphatic carbocycles. The van der Waals surface area contributed by atoms with Gasteiger partial charge in [0.25, 0.3) is 0 Å². The lowest BCUT2D eigenvalue weighted by Gasteiger charge is -2.21. The molecule has 21 heavy (non-hydrogen) atoms. The molecule has 1 aliphatic rings. The van der Waals surface area contributed by atoms with Crippen molar-refractivity contribution in [3.63, 3.8) is 0 Å². The summed E-state index contributed by atoms with van der Waals surface area (Å²) in [5, 5.41) is 8.94. The Morgan fingerprint density at radius 1 is 1.19 bits per heavy atom. The molecule has 0 radical (unpaired) electrons. The number of amides is 1. The minimum absolute atomic E-state index is 0.0495. The van der Waals surface area contributed by atoms with E-state index in [9.17, 15) is 13.6 Å². The van der Waals surface area contributed by atoms with Gasteiger partial charge in [0, 0.05) is 32.2 Å². The van der Waals surface area contributed by atoms with Crippen LogP contribution in [0.3, 0.4) is 0 Å². The van der Waals surface area contributed by atoms with E-state index in [4.69, 9.17) is 5.11 Å². The van der Waals surface area contributed by atoms with Gasteiger partial charge in [0.05, 0.1) is 13.0 Å². The highest BCUT2D eigenvalue weighted by Gasteiger charge is 2.20. The molecule has 1 aromatic carbocycles. The molecular weight excluding hydrogens is 278 g/mol. The summed E-state index contributed by atoms with van der Waals surface area (Å²) in [6, 6.07) is 3.28. The molecule has 0 spiro atoms. The Bertz CT molecular complexity index is 497. The molecule has 1 aromatic rings. The second-order valence-corrected chi connectivity index (χ2v) is 5.21. The van der Waals surface area contributed by atoms with Crippen molar-refractivity contribution >= 4 is 5.91 Å². The zero-order valence-corrected chi connectivity index (χ0v) is 11.9.